The van der Waals surface area contributed by atoms with Gasteiger partial charge in [-0.15, -0.1) is 0 Å². The van der Waals surface area contributed by atoms with E-state index in [2.05, 4.69) is 9.47 Å². The highest BCUT2D eigenvalue weighted by Gasteiger charge is 2.42. The summed E-state index contributed by atoms with van der Waals surface area (Å²) >= 11 is 0. The summed E-state index contributed by atoms with van der Waals surface area (Å²) < 4.78 is 9.20. The van der Waals surface area contributed by atoms with Crippen molar-refractivity contribution in [2.24, 2.45) is 5.41 Å². The number of rotatable bonds is 4. The fourth-order valence-corrected chi connectivity index (χ4v) is 1.11. The second-order valence-corrected chi connectivity index (χ2v) is 3.80. The Kier molecular flexibility index (Phi) is 5.05. The molecule has 0 aromatic carbocycles. The van der Waals surface area contributed by atoms with E-state index < -0.39 is 17.4 Å². The SMILES string of the molecule is COC(=O)C(C)(CC=C(C)C)C(=O)OC. The third-order valence-corrected chi connectivity index (χ3v) is 2.19. The van der Waals surface area contributed by atoms with Crippen molar-refractivity contribution in [2.45, 2.75) is 27.2 Å². The zero-order valence-electron chi connectivity index (χ0n) is 9.92. The predicted octanol–water partition coefficient (Wildman–Crippen LogP) is 1.70. The summed E-state index contributed by atoms with van der Waals surface area (Å²) in [6.45, 7) is 5.31. The molecule has 86 valence electrons. The maximum atomic E-state index is 11.5. The van der Waals surface area contributed by atoms with E-state index in [1.54, 1.807) is 0 Å². The number of esters is 2. The van der Waals surface area contributed by atoms with E-state index in [4.69, 9.17) is 0 Å². The summed E-state index contributed by atoms with van der Waals surface area (Å²) in [5.74, 6) is -1.15. The molecule has 0 spiro atoms. The monoisotopic (exact) mass is 214 g/mol. The van der Waals surface area contributed by atoms with E-state index in [9.17, 15) is 9.59 Å². The lowest BCUT2D eigenvalue weighted by Crippen LogP contribution is -2.38. The first kappa shape index (κ1) is 13.7. The number of ether oxygens (including phenoxy) is 2. The van der Waals surface area contributed by atoms with Crippen molar-refractivity contribution in [1.82, 2.24) is 0 Å². The van der Waals surface area contributed by atoms with Crippen molar-refractivity contribution in [3.8, 4) is 0 Å². The van der Waals surface area contributed by atoms with Crippen LogP contribution in [0.25, 0.3) is 0 Å². The molecule has 0 atom stereocenters. The number of allylic oxidation sites excluding steroid dienone is 2. The smallest absolute Gasteiger partial charge is 0.323 e. The van der Waals surface area contributed by atoms with Crippen LogP contribution in [0.15, 0.2) is 11.6 Å². The average molecular weight is 214 g/mol. The first-order valence-corrected chi connectivity index (χ1v) is 4.68. The van der Waals surface area contributed by atoms with Crippen molar-refractivity contribution < 1.29 is 19.1 Å². The maximum Gasteiger partial charge on any atom is 0.323 e. The predicted molar refractivity (Wildman–Crippen MR) is 56.2 cm³/mol. The van der Waals surface area contributed by atoms with Crippen LogP contribution in [0.1, 0.15) is 27.2 Å². The second-order valence-electron chi connectivity index (χ2n) is 3.80. The van der Waals surface area contributed by atoms with Gasteiger partial charge in [0.25, 0.3) is 0 Å². The molecular formula is C11H18O4. The Bertz CT molecular complexity index is 258. The Labute approximate surface area is 90.2 Å². The van der Waals surface area contributed by atoms with Crippen LogP contribution in [-0.2, 0) is 19.1 Å². The number of carbonyl (C=O) groups is 2. The topological polar surface area (TPSA) is 52.6 Å². The zero-order chi connectivity index (χ0) is 12.1. The minimum atomic E-state index is -1.25. The van der Waals surface area contributed by atoms with Crippen molar-refractivity contribution in [3.63, 3.8) is 0 Å². The summed E-state index contributed by atoms with van der Waals surface area (Å²) in [4.78, 5) is 23.0. The lowest BCUT2D eigenvalue weighted by atomic mass is 9.86. The molecule has 0 unspecified atom stereocenters. The minimum absolute atomic E-state index is 0.286. The molecule has 0 aromatic heterocycles. The Morgan fingerprint density at radius 1 is 1.13 bits per heavy atom. The highest BCUT2D eigenvalue weighted by atomic mass is 16.5. The molecule has 0 saturated heterocycles. The van der Waals surface area contributed by atoms with Crippen LogP contribution in [0.4, 0.5) is 0 Å². The van der Waals surface area contributed by atoms with Gasteiger partial charge in [-0.25, -0.2) is 0 Å². The number of hydrogen-bond donors (Lipinski definition) is 0. The molecule has 0 aromatic rings. The normalized spacial score (nSPS) is 10.5. The standard InChI is InChI=1S/C11H18O4/c1-8(2)6-7-11(3,9(12)14-4)10(13)15-5/h6H,7H2,1-5H3. The van der Waals surface area contributed by atoms with Gasteiger partial charge in [0.05, 0.1) is 14.2 Å². The van der Waals surface area contributed by atoms with Crippen molar-refractivity contribution in [3.05, 3.63) is 11.6 Å². The molecule has 15 heavy (non-hydrogen) atoms. The van der Waals surface area contributed by atoms with Crippen LogP contribution >= 0.6 is 0 Å². The Morgan fingerprint density at radius 2 is 1.53 bits per heavy atom. The molecule has 0 aliphatic heterocycles. The molecule has 0 heterocycles. The quantitative estimate of drug-likeness (QED) is 0.406. The molecule has 0 saturated carbocycles. The molecule has 0 rings (SSSR count). The van der Waals surface area contributed by atoms with Gasteiger partial charge < -0.3 is 9.47 Å². The van der Waals surface area contributed by atoms with Crippen LogP contribution in [-0.4, -0.2) is 26.2 Å². The second kappa shape index (κ2) is 5.53. The van der Waals surface area contributed by atoms with Crippen molar-refractivity contribution >= 4 is 11.9 Å². The van der Waals surface area contributed by atoms with E-state index in [-0.39, 0.29) is 6.42 Å². The molecule has 0 aliphatic carbocycles. The summed E-state index contributed by atoms with van der Waals surface area (Å²) in [5.41, 5.74) is -0.213. The highest BCUT2D eigenvalue weighted by molar-refractivity contribution is 5.99. The minimum Gasteiger partial charge on any atom is -0.468 e. The van der Waals surface area contributed by atoms with E-state index in [1.165, 1.54) is 21.1 Å². The van der Waals surface area contributed by atoms with Gasteiger partial charge in [0.2, 0.25) is 0 Å². The zero-order valence-corrected chi connectivity index (χ0v) is 9.92. The lowest BCUT2D eigenvalue weighted by Gasteiger charge is -2.22. The van der Waals surface area contributed by atoms with E-state index in [1.807, 2.05) is 19.9 Å². The molecule has 0 N–H and O–H groups in total. The first-order valence-electron chi connectivity index (χ1n) is 4.68. The van der Waals surface area contributed by atoms with Crippen molar-refractivity contribution in [2.75, 3.05) is 14.2 Å². The molecular weight excluding hydrogens is 196 g/mol. The van der Waals surface area contributed by atoms with Crippen LogP contribution < -0.4 is 0 Å². The van der Waals surface area contributed by atoms with Crippen LogP contribution in [0, 0.1) is 5.41 Å². The van der Waals surface area contributed by atoms with Crippen LogP contribution in [0.3, 0.4) is 0 Å². The average Bonchev–Trinajstić information content (AvgIpc) is 2.23. The third kappa shape index (κ3) is 3.38. The lowest BCUT2D eigenvalue weighted by molar-refractivity contribution is -0.167. The summed E-state index contributed by atoms with van der Waals surface area (Å²) in [6.07, 6.45) is 2.10. The van der Waals surface area contributed by atoms with E-state index in [0.29, 0.717) is 0 Å². The summed E-state index contributed by atoms with van der Waals surface area (Å²) in [7, 11) is 2.51. The third-order valence-electron chi connectivity index (χ3n) is 2.19. The van der Waals surface area contributed by atoms with E-state index in [0.717, 1.165) is 5.57 Å². The van der Waals surface area contributed by atoms with Gasteiger partial charge in [-0.05, 0) is 27.2 Å². The molecule has 0 amide bonds. The van der Waals surface area contributed by atoms with Gasteiger partial charge in [-0.3, -0.25) is 9.59 Å². The Balaban J connectivity index is 4.94. The number of carbonyl (C=O) groups excluding carboxylic acids is 2. The Morgan fingerprint density at radius 3 is 1.80 bits per heavy atom. The fraction of sp³-hybridized carbons (Fsp3) is 0.636. The number of methoxy groups -OCH3 is 2. The molecule has 4 nitrogen and oxygen atoms in total. The van der Waals surface area contributed by atoms with Gasteiger partial charge >= 0.3 is 11.9 Å². The molecule has 0 bridgehead atoms. The molecule has 4 heteroatoms. The highest BCUT2D eigenvalue weighted by Crippen LogP contribution is 2.26. The molecule has 0 radical (unpaired) electrons. The number of hydrogen-bond acceptors (Lipinski definition) is 4. The molecule has 0 fully saturated rings. The van der Waals surface area contributed by atoms with E-state index >= 15 is 0 Å². The molecule has 0 aliphatic rings. The van der Waals surface area contributed by atoms with Gasteiger partial charge in [-0.1, -0.05) is 11.6 Å². The van der Waals surface area contributed by atoms with Crippen LogP contribution in [0.2, 0.25) is 0 Å². The first-order chi connectivity index (χ1) is 6.88. The van der Waals surface area contributed by atoms with Gasteiger partial charge in [0.15, 0.2) is 5.41 Å². The maximum absolute atomic E-state index is 11.5. The van der Waals surface area contributed by atoms with Gasteiger partial charge in [0, 0.05) is 0 Å². The van der Waals surface area contributed by atoms with Gasteiger partial charge in [-0.2, -0.15) is 0 Å². The Hall–Kier alpha value is -1.32. The van der Waals surface area contributed by atoms with Gasteiger partial charge in [0.1, 0.15) is 0 Å². The van der Waals surface area contributed by atoms with Crippen LogP contribution in [0.5, 0.6) is 0 Å². The summed E-state index contributed by atoms with van der Waals surface area (Å²) in [5, 5.41) is 0. The van der Waals surface area contributed by atoms with Crippen molar-refractivity contribution in [1.29, 1.82) is 0 Å². The fourth-order valence-electron chi connectivity index (χ4n) is 1.11. The largest absolute Gasteiger partial charge is 0.468 e. The summed E-state index contributed by atoms with van der Waals surface area (Å²) in [6, 6.07) is 0.